The highest BCUT2D eigenvalue weighted by atomic mass is 35.5. The van der Waals surface area contributed by atoms with E-state index < -0.39 is 0 Å². The smallest absolute Gasteiger partial charge is 0.259 e. The van der Waals surface area contributed by atoms with Crippen molar-refractivity contribution in [3.05, 3.63) is 70.3 Å². The summed E-state index contributed by atoms with van der Waals surface area (Å²) in [5, 5.41) is 0.946. The molecule has 0 unspecified atom stereocenters. The molecule has 0 aliphatic carbocycles. The molecule has 0 fully saturated rings. The lowest BCUT2D eigenvalue weighted by Gasteiger charge is -2.11. The zero-order chi connectivity index (χ0) is 16.4. The van der Waals surface area contributed by atoms with Crippen LogP contribution in [0, 0.1) is 0 Å². The zero-order valence-corrected chi connectivity index (χ0v) is 13.6. The number of benzene rings is 2. The molecule has 2 aromatic carbocycles. The van der Waals surface area contributed by atoms with E-state index >= 15 is 0 Å². The zero-order valence-electron chi connectivity index (χ0n) is 12.9. The first-order valence-corrected chi connectivity index (χ1v) is 7.56. The number of hydrogen-bond donors (Lipinski definition) is 1. The van der Waals surface area contributed by atoms with Crippen LogP contribution in [0.4, 0.5) is 5.69 Å². The number of aromatic amines is 1. The molecule has 4 nitrogen and oxygen atoms in total. The fourth-order valence-corrected chi connectivity index (χ4v) is 2.50. The van der Waals surface area contributed by atoms with Crippen LogP contribution < -0.4 is 10.5 Å². The number of fused-ring (bicyclic) bond motifs is 1. The minimum atomic E-state index is -0.194. The molecule has 0 amide bonds. The number of halogens is 1. The van der Waals surface area contributed by atoms with Crippen molar-refractivity contribution in [3.63, 3.8) is 0 Å². The number of rotatable bonds is 3. The van der Waals surface area contributed by atoms with E-state index in [2.05, 4.69) is 9.97 Å². The highest BCUT2D eigenvalue weighted by Gasteiger charge is 2.06. The van der Waals surface area contributed by atoms with Crippen LogP contribution in [0.3, 0.4) is 0 Å². The summed E-state index contributed by atoms with van der Waals surface area (Å²) in [5.74, 6) is 0.368. The van der Waals surface area contributed by atoms with Gasteiger partial charge in [-0.2, -0.15) is 0 Å². The fraction of sp³-hybridized carbons (Fsp3) is 0.111. The fourth-order valence-electron chi connectivity index (χ4n) is 2.28. The van der Waals surface area contributed by atoms with E-state index in [1.165, 1.54) is 0 Å². The molecule has 0 saturated carbocycles. The minimum absolute atomic E-state index is 0.194. The maximum absolute atomic E-state index is 12.1. The third-order valence-corrected chi connectivity index (χ3v) is 3.83. The molecule has 116 valence electrons. The van der Waals surface area contributed by atoms with Crippen LogP contribution >= 0.6 is 11.6 Å². The molecule has 1 N–H and O–H groups in total. The molecule has 1 heterocycles. The predicted octanol–water partition coefficient (Wildman–Crippen LogP) is 3.73. The van der Waals surface area contributed by atoms with Gasteiger partial charge in [0.05, 0.1) is 15.9 Å². The molecule has 5 heteroatoms. The molecular formula is C18H16ClN3O. The topological polar surface area (TPSA) is 49.0 Å². The standard InChI is InChI=1S/C18H16ClN3O/c1-22(2)13-9-7-12(8-10-13)11-15(19)17-20-16-6-4-3-5-14(16)18(23)21-17/h3-11H,1-2H3,(H,20,21,23). The van der Waals surface area contributed by atoms with E-state index in [-0.39, 0.29) is 5.56 Å². The first-order chi connectivity index (χ1) is 11.0. The maximum Gasteiger partial charge on any atom is 0.259 e. The second-order valence-corrected chi connectivity index (χ2v) is 5.82. The van der Waals surface area contributed by atoms with Gasteiger partial charge in [-0.1, -0.05) is 35.9 Å². The lowest BCUT2D eigenvalue weighted by molar-refractivity contribution is 1.13. The van der Waals surface area contributed by atoms with Gasteiger partial charge in [-0.3, -0.25) is 4.79 Å². The summed E-state index contributed by atoms with van der Waals surface area (Å²) in [5.41, 5.74) is 2.48. The van der Waals surface area contributed by atoms with E-state index in [1.54, 1.807) is 18.2 Å². The van der Waals surface area contributed by atoms with Crippen LogP contribution in [0.15, 0.2) is 53.3 Å². The first-order valence-electron chi connectivity index (χ1n) is 7.18. The second-order valence-electron chi connectivity index (χ2n) is 5.41. The molecule has 0 aliphatic rings. The Morgan fingerprint density at radius 3 is 2.52 bits per heavy atom. The van der Waals surface area contributed by atoms with Gasteiger partial charge in [-0.15, -0.1) is 0 Å². The lowest BCUT2D eigenvalue weighted by Crippen LogP contribution is -2.10. The van der Waals surface area contributed by atoms with E-state index in [0.717, 1.165) is 11.3 Å². The number of para-hydroxylation sites is 1. The van der Waals surface area contributed by atoms with Gasteiger partial charge >= 0.3 is 0 Å². The van der Waals surface area contributed by atoms with Crippen molar-refractivity contribution in [1.82, 2.24) is 9.97 Å². The Kier molecular flexibility index (Phi) is 4.17. The largest absolute Gasteiger partial charge is 0.378 e. The van der Waals surface area contributed by atoms with Crippen molar-refractivity contribution in [3.8, 4) is 0 Å². The summed E-state index contributed by atoms with van der Waals surface area (Å²) in [6.45, 7) is 0. The Morgan fingerprint density at radius 1 is 1.13 bits per heavy atom. The minimum Gasteiger partial charge on any atom is -0.378 e. The highest BCUT2D eigenvalue weighted by Crippen LogP contribution is 2.21. The van der Waals surface area contributed by atoms with E-state index in [0.29, 0.717) is 21.8 Å². The average Bonchev–Trinajstić information content (AvgIpc) is 2.55. The van der Waals surface area contributed by atoms with Crippen LogP contribution in [-0.2, 0) is 0 Å². The molecule has 3 rings (SSSR count). The van der Waals surface area contributed by atoms with Gasteiger partial charge in [0.25, 0.3) is 5.56 Å². The van der Waals surface area contributed by atoms with Gasteiger partial charge < -0.3 is 9.88 Å². The first kappa shape index (κ1) is 15.3. The predicted molar refractivity (Wildman–Crippen MR) is 96.9 cm³/mol. The Labute approximate surface area is 139 Å². The highest BCUT2D eigenvalue weighted by molar-refractivity contribution is 6.50. The quantitative estimate of drug-likeness (QED) is 0.798. The molecule has 0 bridgehead atoms. The van der Waals surface area contributed by atoms with Crippen LogP contribution in [0.25, 0.3) is 22.0 Å². The SMILES string of the molecule is CN(C)c1ccc(C=C(Cl)c2nc3ccccc3c(=O)[nH]2)cc1. The van der Waals surface area contributed by atoms with Crippen molar-refractivity contribution in [2.45, 2.75) is 0 Å². The number of nitrogens with zero attached hydrogens (tertiary/aromatic N) is 2. The summed E-state index contributed by atoms with van der Waals surface area (Å²) in [4.78, 5) is 21.3. The molecule has 3 aromatic rings. The van der Waals surface area contributed by atoms with Crippen molar-refractivity contribution >= 4 is 39.3 Å². The molecule has 1 aromatic heterocycles. The van der Waals surface area contributed by atoms with Gasteiger partial charge in [0.15, 0.2) is 5.82 Å². The van der Waals surface area contributed by atoms with Gasteiger partial charge in [-0.25, -0.2) is 4.98 Å². The summed E-state index contributed by atoms with van der Waals surface area (Å²) in [6.07, 6.45) is 1.79. The van der Waals surface area contributed by atoms with E-state index in [1.807, 2.05) is 55.4 Å². The van der Waals surface area contributed by atoms with Crippen molar-refractivity contribution in [1.29, 1.82) is 0 Å². The van der Waals surface area contributed by atoms with E-state index in [9.17, 15) is 4.79 Å². The number of hydrogen-bond acceptors (Lipinski definition) is 3. The molecule has 0 spiro atoms. The lowest BCUT2D eigenvalue weighted by atomic mass is 10.2. The van der Waals surface area contributed by atoms with Crippen LogP contribution in [-0.4, -0.2) is 24.1 Å². The summed E-state index contributed by atoms with van der Waals surface area (Å²) >= 11 is 6.33. The van der Waals surface area contributed by atoms with Crippen molar-refractivity contribution in [2.24, 2.45) is 0 Å². The van der Waals surface area contributed by atoms with Crippen molar-refractivity contribution in [2.75, 3.05) is 19.0 Å². The molecule has 0 radical (unpaired) electrons. The van der Waals surface area contributed by atoms with Crippen LogP contribution in [0.5, 0.6) is 0 Å². The number of H-pyrrole nitrogens is 1. The molecular weight excluding hydrogens is 310 g/mol. The normalized spacial score (nSPS) is 11.7. The number of anilines is 1. The second kappa shape index (κ2) is 6.26. The third-order valence-electron chi connectivity index (χ3n) is 3.54. The van der Waals surface area contributed by atoms with Gasteiger partial charge in [0.2, 0.25) is 0 Å². The Morgan fingerprint density at radius 2 is 1.83 bits per heavy atom. The number of nitrogens with one attached hydrogen (secondary N) is 1. The number of aromatic nitrogens is 2. The van der Waals surface area contributed by atoms with Crippen LogP contribution in [0.1, 0.15) is 11.4 Å². The van der Waals surface area contributed by atoms with Crippen molar-refractivity contribution < 1.29 is 0 Å². The summed E-state index contributed by atoms with van der Waals surface area (Å²) < 4.78 is 0. The van der Waals surface area contributed by atoms with Gasteiger partial charge in [0, 0.05) is 19.8 Å². The van der Waals surface area contributed by atoms with Crippen LogP contribution in [0.2, 0.25) is 0 Å². The Hall–Kier alpha value is -2.59. The monoisotopic (exact) mass is 325 g/mol. The van der Waals surface area contributed by atoms with E-state index in [4.69, 9.17) is 11.6 Å². The molecule has 0 aliphatic heterocycles. The summed E-state index contributed by atoms with van der Waals surface area (Å²) in [6, 6.07) is 15.1. The maximum atomic E-state index is 12.1. The molecule has 23 heavy (non-hydrogen) atoms. The average molecular weight is 326 g/mol. The molecule has 0 atom stereocenters. The van der Waals surface area contributed by atoms with Gasteiger partial charge in [0.1, 0.15) is 0 Å². The third kappa shape index (κ3) is 3.27. The van der Waals surface area contributed by atoms with Gasteiger partial charge in [-0.05, 0) is 35.9 Å². The Balaban J connectivity index is 1.99. The molecule has 0 saturated heterocycles. The summed E-state index contributed by atoms with van der Waals surface area (Å²) in [7, 11) is 3.98. The Bertz CT molecular complexity index is 927.